The number of amides is 1. The minimum Gasteiger partial charge on any atom is -0.325 e. The van der Waals surface area contributed by atoms with Crippen LogP contribution in [0.4, 0.5) is 5.69 Å². The van der Waals surface area contributed by atoms with Crippen LogP contribution in [0.25, 0.3) is 0 Å². The van der Waals surface area contributed by atoms with Crippen LogP contribution in [0.1, 0.15) is 62.1 Å². The Morgan fingerprint density at radius 2 is 1.81 bits per heavy atom. The molecule has 1 fully saturated rings. The van der Waals surface area contributed by atoms with Gasteiger partial charge < -0.3 is 11.1 Å². The predicted octanol–water partition coefficient (Wildman–Crippen LogP) is 4.19. The number of hydrogen-bond acceptors (Lipinski definition) is 2. The second-order valence-corrected chi connectivity index (χ2v) is 6.79. The molecule has 0 radical (unpaired) electrons. The van der Waals surface area contributed by atoms with Crippen molar-refractivity contribution in [1.82, 2.24) is 0 Å². The number of halogens is 1. The summed E-state index contributed by atoms with van der Waals surface area (Å²) in [6.45, 7) is 0. The van der Waals surface area contributed by atoms with Gasteiger partial charge in [-0.3, -0.25) is 4.79 Å². The van der Waals surface area contributed by atoms with E-state index in [1.54, 1.807) is 0 Å². The van der Waals surface area contributed by atoms with Crippen LogP contribution in [0.3, 0.4) is 0 Å². The van der Waals surface area contributed by atoms with Crippen LogP contribution in [0, 0.1) is 5.92 Å². The normalized spacial score (nSPS) is 21.3. The van der Waals surface area contributed by atoms with E-state index in [1.807, 2.05) is 12.1 Å². The molecule has 1 atom stereocenters. The van der Waals surface area contributed by atoms with E-state index < -0.39 is 0 Å². The van der Waals surface area contributed by atoms with E-state index in [4.69, 9.17) is 17.3 Å². The van der Waals surface area contributed by atoms with Crippen LogP contribution in [-0.2, 0) is 11.2 Å². The van der Waals surface area contributed by atoms with Gasteiger partial charge in [0.1, 0.15) is 0 Å². The molecule has 0 spiro atoms. The van der Waals surface area contributed by atoms with Crippen molar-refractivity contribution in [2.24, 2.45) is 11.7 Å². The lowest BCUT2D eigenvalue weighted by molar-refractivity contribution is -0.115. The Labute approximate surface area is 131 Å². The van der Waals surface area contributed by atoms with Crippen molar-refractivity contribution in [2.45, 2.75) is 57.4 Å². The molecule has 2 aliphatic rings. The highest BCUT2D eigenvalue weighted by atomic mass is 35.5. The summed E-state index contributed by atoms with van der Waals surface area (Å²) in [6.07, 6.45) is 9.34. The smallest absolute Gasteiger partial charge is 0.228 e. The van der Waals surface area contributed by atoms with Crippen molar-refractivity contribution < 1.29 is 4.79 Å². The molecular weight excluding hydrogens is 284 g/mol. The number of nitrogens with two attached hydrogens (primary N) is 1. The SMILES string of the molecule is NC(c1cc2c(cc1Cl)NC(=O)C2)C1CCCCCCC1. The van der Waals surface area contributed by atoms with Crippen LogP contribution in [0.15, 0.2) is 12.1 Å². The Kier molecular flexibility index (Phi) is 4.51. The van der Waals surface area contributed by atoms with Crippen molar-refractivity contribution in [2.75, 3.05) is 5.32 Å². The van der Waals surface area contributed by atoms with Gasteiger partial charge in [-0.25, -0.2) is 0 Å². The molecule has 1 amide bonds. The molecule has 0 bridgehead atoms. The third-order valence-corrected chi connectivity index (χ3v) is 5.19. The summed E-state index contributed by atoms with van der Waals surface area (Å²) in [7, 11) is 0. The first-order chi connectivity index (χ1) is 10.1. The quantitative estimate of drug-likeness (QED) is 0.860. The van der Waals surface area contributed by atoms with E-state index in [0.717, 1.165) is 16.8 Å². The third-order valence-electron chi connectivity index (χ3n) is 4.86. The molecule has 3 N–H and O–H groups in total. The van der Waals surface area contributed by atoms with E-state index >= 15 is 0 Å². The molecule has 3 nitrogen and oxygen atoms in total. The lowest BCUT2D eigenvalue weighted by atomic mass is 9.83. The van der Waals surface area contributed by atoms with Crippen molar-refractivity contribution in [3.63, 3.8) is 0 Å². The van der Waals surface area contributed by atoms with Crippen molar-refractivity contribution in [3.8, 4) is 0 Å². The number of carbonyl (C=O) groups excluding carboxylic acids is 1. The van der Waals surface area contributed by atoms with Gasteiger partial charge in [-0.15, -0.1) is 0 Å². The zero-order chi connectivity index (χ0) is 14.8. The van der Waals surface area contributed by atoms with E-state index in [2.05, 4.69) is 5.32 Å². The largest absolute Gasteiger partial charge is 0.325 e. The molecule has 0 saturated heterocycles. The molecule has 21 heavy (non-hydrogen) atoms. The summed E-state index contributed by atoms with van der Waals surface area (Å²) < 4.78 is 0. The Bertz CT molecular complexity index is 536. The molecule has 1 heterocycles. The molecule has 1 unspecified atom stereocenters. The number of anilines is 1. The average Bonchev–Trinajstić information content (AvgIpc) is 2.76. The Hall–Kier alpha value is -1.06. The first-order valence-corrected chi connectivity index (χ1v) is 8.40. The van der Waals surface area contributed by atoms with Gasteiger partial charge in [-0.05, 0) is 36.0 Å². The number of benzene rings is 1. The van der Waals surface area contributed by atoms with E-state index in [9.17, 15) is 4.79 Å². The minimum absolute atomic E-state index is 0.0170. The average molecular weight is 307 g/mol. The Balaban J connectivity index is 1.82. The molecular formula is C17H23ClN2O. The first-order valence-electron chi connectivity index (χ1n) is 8.03. The summed E-state index contributed by atoms with van der Waals surface area (Å²) in [6, 6.07) is 3.88. The number of rotatable bonds is 2. The fourth-order valence-electron chi connectivity index (χ4n) is 3.62. The van der Waals surface area contributed by atoms with E-state index in [1.165, 1.54) is 44.9 Å². The van der Waals surface area contributed by atoms with E-state index in [-0.39, 0.29) is 11.9 Å². The maximum Gasteiger partial charge on any atom is 0.228 e. The highest BCUT2D eigenvalue weighted by Gasteiger charge is 2.25. The first kappa shape index (κ1) is 14.9. The van der Waals surface area contributed by atoms with E-state index in [0.29, 0.717) is 17.4 Å². The fourth-order valence-corrected chi connectivity index (χ4v) is 3.91. The molecule has 0 aromatic heterocycles. The standard InChI is InChI=1S/C17H23ClN2O/c18-14-10-15-12(9-16(21)20-15)8-13(14)17(19)11-6-4-2-1-3-5-7-11/h8,10-11,17H,1-7,9,19H2,(H,20,21). The second kappa shape index (κ2) is 6.37. The molecule has 4 heteroatoms. The summed E-state index contributed by atoms with van der Waals surface area (Å²) in [5.74, 6) is 0.545. The Morgan fingerprint density at radius 1 is 1.14 bits per heavy atom. The van der Waals surface area contributed by atoms with Crippen molar-refractivity contribution in [3.05, 3.63) is 28.3 Å². The van der Waals surface area contributed by atoms with Gasteiger partial charge in [0.15, 0.2) is 0 Å². The maximum atomic E-state index is 11.5. The summed E-state index contributed by atoms with van der Waals surface area (Å²) >= 11 is 6.41. The topological polar surface area (TPSA) is 55.1 Å². The molecule has 1 aliphatic carbocycles. The van der Waals surface area contributed by atoms with Crippen LogP contribution < -0.4 is 11.1 Å². The van der Waals surface area contributed by atoms with Crippen LogP contribution in [-0.4, -0.2) is 5.91 Å². The molecule has 3 rings (SSSR count). The molecule has 1 aromatic carbocycles. The molecule has 1 aliphatic heterocycles. The van der Waals surface area contributed by atoms with Crippen molar-refractivity contribution >= 4 is 23.2 Å². The van der Waals surface area contributed by atoms with Gasteiger partial charge in [0.05, 0.1) is 6.42 Å². The summed E-state index contributed by atoms with van der Waals surface area (Å²) in [5, 5.41) is 3.52. The minimum atomic E-state index is -0.0170. The van der Waals surface area contributed by atoms with Crippen LogP contribution >= 0.6 is 11.6 Å². The molecule has 1 aromatic rings. The number of fused-ring (bicyclic) bond motifs is 1. The molecule has 1 saturated carbocycles. The summed E-state index contributed by atoms with van der Waals surface area (Å²) in [5.41, 5.74) is 9.42. The third kappa shape index (κ3) is 3.24. The fraction of sp³-hybridized carbons (Fsp3) is 0.588. The van der Waals surface area contributed by atoms with Gasteiger partial charge in [-0.1, -0.05) is 49.8 Å². The maximum absolute atomic E-state index is 11.5. The van der Waals surface area contributed by atoms with Gasteiger partial charge >= 0.3 is 0 Å². The molecule has 114 valence electrons. The second-order valence-electron chi connectivity index (χ2n) is 6.39. The zero-order valence-electron chi connectivity index (χ0n) is 12.3. The van der Waals surface area contributed by atoms with Gasteiger partial charge in [0.2, 0.25) is 5.91 Å². The number of hydrogen-bond donors (Lipinski definition) is 2. The summed E-state index contributed by atoms with van der Waals surface area (Å²) in [4.78, 5) is 11.5. The van der Waals surface area contributed by atoms with Crippen LogP contribution in [0.5, 0.6) is 0 Å². The zero-order valence-corrected chi connectivity index (χ0v) is 13.1. The van der Waals surface area contributed by atoms with Crippen LogP contribution in [0.2, 0.25) is 5.02 Å². The Morgan fingerprint density at radius 3 is 2.52 bits per heavy atom. The van der Waals surface area contributed by atoms with Gasteiger partial charge in [-0.2, -0.15) is 0 Å². The van der Waals surface area contributed by atoms with Gasteiger partial charge in [0.25, 0.3) is 0 Å². The monoisotopic (exact) mass is 306 g/mol. The predicted molar refractivity (Wildman–Crippen MR) is 86.5 cm³/mol. The van der Waals surface area contributed by atoms with Gasteiger partial charge in [0, 0.05) is 16.8 Å². The number of carbonyl (C=O) groups is 1. The number of nitrogens with one attached hydrogen (secondary N) is 1. The highest BCUT2D eigenvalue weighted by molar-refractivity contribution is 6.32. The lowest BCUT2D eigenvalue weighted by Crippen LogP contribution is -2.23. The van der Waals surface area contributed by atoms with Crippen molar-refractivity contribution in [1.29, 1.82) is 0 Å². The lowest BCUT2D eigenvalue weighted by Gasteiger charge is -2.27. The highest BCUT2D eigenvalue weighted by Crippen LogP contribution is 2.37.